The summed E-state index contributed by atoms with van der Waals surface area (Å²) < 4.78 is 38.2. The van der Waals surface area contributed by atoms with Gasteiger partial charge < -0.3 is 9.47 Å². The van der Waals surface area contributed by atoms with Gasteiger partial charge in [0.2, 0.25) is 0 Å². The minimum Gasteiger partial charge on any atom is -0.486 e. The van der Waals surface area contributed by atoms with Gasteiger partial charge in [-0.25, -0.2) is 8.42 Å². The molecule has 0 saturated carbocycles. The van der Waals surface area contributed by atoms with Gasteiger partial charge in [0, 0.05) is 6.07 Å². The summed E-state index contributed by atoms with van der Waals surface area (Å²) in [6.07, 6.45) is 0. The number of nitrogens with one attached hydrogen (secondary N) is 1. The zero-order chi connectivity index (χ0) is 15.7. The predicted octanol–water partition coefficient (Wildman–Crippen LogP) is 3.22. The highest BCUT2D eigenvalue weighted by Crippen LogP contribution is 2.33. The third-order valence-corrected chi connectivity index (χ3v) is 4.87. The Balaban J connectivity index is 1.92. The predicted molar refractivity (Wildman–Crippen MR) is 84.4 cm³/mol. The molecule has 7 heteroatoms. The Morgan fingerprint density at radius 2 is 1.77 bits per heavy atom. The number of aryl methyl sites for hydroxylation is 1. The molecule has 1 aliphatic heterocycles. The number of rotatable bonds is 3. The summed E-state index contributed by atoms with van der Waals surface area (Å²) in [6, 6.07) is 9.61. The van der Waals surface area contributed by atoms with Gasteiger partial charge in [-0.3, -0.25) is 4.72 Å². The largest absolute Gasteiger partial charge is 0.486 e. The van der Waals surface area contributed by atoms with Crippen LogP contribution in [0.15, 0.2) is 41.3 Å². The Morgan fingerprint density at radius 3 is 2.50 bits per heavy atom. The van der Waals surface area contributed by atoms with Gasteiger partial charge in [-0.05, 0) is 36.8 Å². The quantitative estimate of drug-likeness (QED) is 0.932. The highest BCUT2D eigenvalue weighted by molar-refractivity contribution is 7.92. The maximum Gasteiger partial charge on any atom is 0.262 e. The van der Waals surface area contributed by atoms with Crippen LogP contribution < -0.4 is 14.2 Å². The number of hydrogen-bond acceptors (Lipinski definition) is 4. The number of halogens is 1. The van der Waals surface area contributed by atoms with E-state index in [4.69, 9.17) is 21.1 Å². The summed E-state index contributed by atoms with van der Waals surface area (Å²) in [6.45, 7) is 2.73. The summed E-state index contributed by atoms with van der Waals surface area (Å²) in [4.78, 5) is 0.0911. The van der Waals surface area contributed by atoms with Crippen LogP contribution in [0.3, 0.4) is 0 Å². The van der Waals surface area contributed by atoms with Crippen molar-refractivity contribution in [1.82, 2.24) is 0 Å². The molecule has 3 rings (SSSR count). The molecule has 0 radical (unpaired) electrons. The normalized spacial score (nSPS) is 13.7. The van der Waals surface area contributed by atoms with Crippen LogP contribution in [0.25, 0.3) is 0 Å². The molecule has 0 amide bonds. The molecule has 0 aliphatic carbocycles. The van der Waals surface area contributed by atoms with E-state index in [1.807, 2.05) is 6.92 Å². The van der Waals surface area contributed by atoms with Crippen molar-refractivity contribution < 1.29 is 17.9 Å². The van der Waals surface area contributed by atoms with Crippen molar-refractivity contribution >= 4 is 27.3 Å². The van der Waals surface area contributed by atoms with Crippen LogP contribution in [0.1, 0.15) is 5.56 Å². The highest BCUT2D eigenvalue weighted by Gasteiger charge is 2.20. The number of sulfonamides is 1. The van der Waals surface area contributed by atoms with Crippen molar-refractivity contribution in [2.75, 3.05) is 17.9 Å². The number of fused-ring (bicyclic) bond motifs is 1. The topological polar surface area (TPSA) is 64.6 Å². The minimum absolute atomic E-state index is 0.0911. The first kappa shape index (κ1) is 15.0. The van der Waals surface area contributed by atoms with E-state index >= 15 is 0 Å². The van der Waals surface area contributed by atoms with E-state index in [0.717, 1.165) is 5.56 Å². The van der Waals surface area contributed by atoms with E-state index < -0.39 is 10.0 Å². The number of anilines is 1. The first-order valence-electron chi connectivity index (χ1n) is 6.64. The second-order valence-corrected chi connectivity index (χ2v) is 6.98. The molecule has 0 aromatic heterocycles. The molecule has 2 aromatic rings. The molecule has 0 saturated heterocycles. The van der Waals surface area contributed by atoms with Gasteiger partial charge in [0.15, 0.2) is 11.5 Å². The second kappa shape index (κ2) is 5.70. The lowest BCUT2D eigenvalue weighted by molar-refractivity contribution is 0.171. The third-order valence-electron chi connectivity index (χ3n) is 3.19. The van der Waals surface area contributed by atoms with E-state index in [0.29, 0.717) is 35.4 Å². The van der Waals surface area contributed by atoms with Gasteiger partial charge in [0.05, 0.1) is 15.6 Å². The van der Waals surface area contributed by atoms with Crippen molar-refractivity contribution in [2.45, 2.75) is 11.8 Å². The molecule has 5 nitrogen and oxygen atoms in total. The average molecular weight is 340 g/mol. The molecule has 2 aromatic carbocycles. The zero-order valence-electron chi connectivity index (χ0n) is 11.8. The van der Waals surface area contributed by atoms with E-state index in [-0.39, 0.29) is 4.90 Å². The zero-order valence-corrected chi connectivity index (χ0v) is 13.4. The van der Waals surface area contributed by atoms with E-state index in [1.54, 1.807) is 24.3 Å². The number of ether oxygens (including phenoxy) is 2. The smallest absolute Gasteiger partial charge is 0.262 e. The van der Waals surface area contributed by atoms with Gasteiger partial charge in [0.25, 0.3) is 10.0 Å². The summed E-state index contributed by atoms with van der Waals surface area (Å²) >= 11 is 6.07. The van der Waals surface area contributed by atoms with Crippen molar-refractivity contribution in [3.8, 4) is 11.5 Å². The second-order valence-electron chi connectivity index (χ2n) is 4.89. The molecule has 1 heterocycles. The molecule has 22 heavy (non-hydrogen) atoms. The summed E-state index contributed by atoms with van der Waals surface area (Å²) in [5.74, 6) is 0.961. The maximum absolute atomic E-state index is 12.5. The Hall–Kier alpha value is -1.92. The SMILES string of the molecule is Cc1ccc(NS(=O)(=O)c2ccc3c(c2)OCCO3)c(Cl)c1. The molecular formula is C15H14ClNO4S. The lowest BCUT2D eigenvalue weighted by Crippen LogP contribution is -2.17. The molecule has 0 unspecified atom stereocenters. The van der Waals surface area contributed by atoms with Crippen LogP contribution in [0, 0.1) is 6.92 Å². The molecule has 116 valence electrons. The van der Waals surface area contributed by atoms with Crippen LogP contribution in [0.4, 0.5) is 5.69 Å². The molecule has 0 bridgehead atoms. The fraction of sp³-hybridized carbons (Fsp3) is 0.200. The van der Waals surface area contributed by atoms with E-state index in [1.165, 1.54) is 12.1 Å². The average Bonchev–Trinajstić information content (AvgIpc) is 2.49. The first-order chi connectivity index (χ1) is 10.5. The van der Waals surface area contributed by atoms with Crippen molar-refractivity contribution in [3.63, 3.8) is 0 Å². The van der Waals surface area contributed by atoms with Gasteiger partial charge in [-0.15, -0.1) is 0 Å². The van der Waals surface area contributed by atoms with Crippen molar-refractivity contribution in [2.24, 2.45) is 0 Å². The lowest BCUT2D eigenvalue weighted by atomic mass is 10.2. The van der Waals surface area contributed by atoms with Crippen LogP contribution in [-0.4, -0.2) is 21.6 Å². The fourth-order valence-corrected chi connectivity index (χ4v) is 3.53. The van der Waals surface area contributed by atoms with Gasteiger partial charge in [-0.2, -0.15) is 0 Å². The third kappa shape index (κ3) is 2.98. The molecule has 1 N–H and O–H groups in total. The first-order valence-corrected chi connectivity index (χ1v) is 8.50. The molecule has 0 atom stereocenters. The minimum atomic E-state index is -3.75. The van der Waals surface area contributed by atoms with Gasteiger partial charge in [0.1, 0.15) is 13.2 Å². The Labute approximate surface area is 133 Å². The molecular weight excluding hydrogens is 326 g/mol. The number of hydrogen-bond donors (Lipinski definition) is 1. The van der Waals surface area contributed by atoms with Gasteiger partial charge in [-0.1, -0.05) is 17.7 Å². The fourth-order valence-electron chi connectivity index (χ4n) is 2.10. The molecule has 0 fully saturated rings. The van der Waals surface area contributed by atoms with Crippen LogP contribution >= 0.6 is 11.6 Å². The summed E-state index contributed by atoms with van der Waals surface area (Å²) in [5.41, 5.74) is 1.29. The van der Waals surface area contributed by atoms with Crippen LogP contribution in [0.2, 0.25) is 5.02 Å². The van der Waals surface area contributed by atoms with Crippen molar-refractivity contribution in [1.29, 1.82) is 0 Å². The monoisotopic (exact) mass is 339 g/mol. The summed E-state index contributed by atoms with van der Waals surface area (Å²) in [5, 5.41) is 0.348. The standard InChI is InChI=1S/C15H14ClNO4S/c1-10-2-4-13(12(16)8-10)17-22(18,19)11-3-5-14-15(9-11)21-7-6-20-14/h2-5,8-9,17H,6-7H2,1H3. The Bertz CT molecular complexity index is 820. The highest BCUT2D eigenvalue weighted by atomic mass is 35.5. The number of benzene rings is 2. The lowest BCUT2D eigenvalue weighted by Gasteiger charge is -2.19. The Morgan fingerprint density at radius 1 is 1.05 bits per heavy atom. The van der Waals surface area contributed by atoms with Crippen LogP contribution in [0.5, 0.6) is 11.5 Å². The van der Waals surface area contributed by atoms with E-state index in [9.17, 15) is 8.42 Å². The van der Waals surface area contributed by atoms with Crippen LogP contribution in [-0.2, 0) is 10.0 Å². The van der Waals surface area contributed by atoms with E-state index in [2.05, 4.69) is 4.72 Å². The van der Waals surface area contributed by atoms with Gasteiger partial charge >= 0.3 is 0 Å². The Kier molecular flexibility index (Phi) is 3.88. The van der Waals surface area contributed by atoms with Crippen molar-refractivity contribution in [3.05, 3.63) is 47.0 Å². The molecule has 0 spiro atoms. The summed E-state index contributed by atoms with van der Waals surface area (Å²) in [7, 11) is -3.75. The molecule has 1 aliphatic rings. The maximum atomic E-state index is 12.5.